The Morgan fingerprint density at radius 2 is 2.00 bits per heavy atom. The zero-order valence-corrected chi connectivity index (χ0v) is 10.8. The van der Waals surface area contributed by atoms with Crippen LogP contribution < -0.4 is 11.1 Å². The molecule has 0 heterocycles. The van der Waals surface area contributed by atoms with E-state index >= 15 is 0 Å². The first kappa shape index (κ1) is 12.9. The van der Waals surface area contributed by atoms with Gasteiger partial charge in [-0.15, -0.1) is 11.8 Å². The van der Waals surface area contributed by atoms with Crippen LogP contribution in [0.15, 0.2) is 34.2 Å². The molecule has 3 nitrogen and oxygen atoms in total. The number of aliphatic imine (C=N–C) groups is 1. The number of rotatable bonds is 4. The molecule has 0 unspecified atom stereocenters. The van der Waals surface area contributed by atoms with Crippen molar-refractivity contribution in [2.45, 2.75) is 18.7 Å². The Hall–Kier alpha value is -1.16. The van der Waals surface area contributed by atoms with Gasteiger partial charge in [-0.1, -0.05) is 13.8 Å². The Bertz CT molecular complexity index is 344. The highest BCUT2D eigenvalue weighted by atomic mass is 32.2. The molecule has 16 heavy (non-hydrogen) atoms. The Kier molecular flexibility index (Phi) is 5.19. The Balaban J connectivity index is 2.55. The second kappa shape index (κ2) is 6.43. The number of hydrogen-bond acceptors (Lipinski definition) is 2. The number of thioether (sulfide) groups is 1. The van der Waals surface area contributed by atoms with Crippen LogP contribution in [-0.4, -0.2) is 18.8 Å². The highest BCUT2D eigenvalue weighted by Gasteiger charge is 1.96. The summed E-state index contributed by atoms with van der Waals surface area (Å²) in [6.45, 7) is 4.98. The standard InChI is InChI=1S/C12H19N3S/c1-9(2)8-14-12(13)15-10-4-6-11(16-3)7-5-10/h4-7,9H,8H2,1-3H3,(H3,13,14,15). The van der Waals surface area contributed by atoms with E-state index in [0.29, 0.717) is 11.9 Å². The topological polar surface area (TPSA) is 50.4 Å². The maximum atomic E-state index is 5.76. The van der Waals surface area contributed by atoms with E-state index in [-0.39, 0.29) is 0 Å². The lowest BCUT2D eigenvalue weighted by Gasteiger charge is -2.07. The van der Waals surface area contributed by atoms with E-state index in [9.17, 15) is 0 Å². The minimum atomic E-state index is 0.477. The molecule has 0 fully saturated rings. The molecule has 0 aromatic heterocycles. The third-order valence-corrected chi connectivity index (χ3v) is 2.73. The quantitative estimate of drug-likeness (QED) is 0.481. The first-order valence-electron chi connectivity index (χ1n) is 5.33. The third-order valence-electron chi connectivity index (χ3n) is 1.99. The zero-order chi connectivity index (χ0) is 12.0. The molecule has 0 saturated carbocycles. The molecular weight excluding hydrogens is 218 g/mol. The molecule has 0 amide bonds. The number of nitrogens with one attached hydrogen (secondary N) is 1. The van der Waals surface area contributed by atoms with Crippen molar-refractivity contribution in [1.29, 1.82) is 0 Å². The summed E-state index contributed by atoms with van der Waals surface area (Å²) in [6.07, 6.45) is 2.06. The van der Waals surface area contributed by atoms with Crippen molar-refractivity contribution in [3.8, 4) is 0 Å². The van der Waals surface area contributed by atoms with E-state index in [1.54, 1.807) is 11.8 Å². The molecule has 0 atom stereocenters. The smallest absolute Gasteiger partial charge is 0.193 e. The van der Waals surface area contributed by atoms with Crippen molar-refractivity contribution in [3.63, 3.8) is 0 Å². The molecule has 88 valence electrons. The highest BCUT2D eigenvalue weighted by molar-refractivity contribution is 7.98. The Labute approximate surface area is 102 Å². The molecule has 4 heteroatoms. The number of guanidine groups is 1. The van der Waals surface area contributed by atoms with Crippen molar-refractivity contribution < 1.29 is 0 Å². The van der Waals surface area contributed by atoms with Crippen LogP contribution in [0, 0.1) is 5.92 Å². The summed E-state index contributed by atoms with van der Waals surface area (Å²) in [5.41, 5.74) is 6.73. The van der Waals surface area contributed by atoms with E-state index in [4.69, 9.17) is 5.73 Å². The summed E-state index contributed by atoms with van der Waals surface area (Å²) < 4.78 is 0. The minimum Gasteiger partial charge on any atom is -0.370 e. The average Bonchev–Trinajstić information content (AvgIpc) is 2.27. The maximum absolute atomic E-state index is 5.76. The summed E-state index contributed by atoms with van der Waals surface area (Å²) in [5, 5.41) is 3.07. The molecule has 3 N–H and O–H groups in total. The Morgan fingerprint density at radius 1 is 1.38 bits per heavy atom. The second-order valence-corrected chi connectivity index (χ2v) is 4.85. The first-order chi connectivity index (χ1) is 7.61. The predicted molar refractivity (Wildman–Crippen MR) is 73.2 cm³/mol. The fourth-order valence-electron chi connectivity index (χ4n) is 1.14. The van der Waals surface area contributed by atoms with Crippen LogP contribution in [-0.2, 0) is 0 Å². The summed E-state index contributed by atoms with van der Waals surface area (Å²) in [6, 6.07) is 8.12. The molecule has 0 radical (unpaired) electrons. The third kappa shape index (κ3) is 4.57. The second-order valence-electron chi connectivity index (χ2n) is 3.97. The summed E-state index contributed by atoms with van der Waals surface area (Å²) in [5.74, 6) is 1.00. The minimum absolute atomic E-state index is 0.477. The largest absolute Gasteiger partial charge is 0.370 e. The highest BCUT2D eigenvalue weighted by Crippen LogP contribution is 2.17. The van der Waals surface area contributed by atoms with Crippen molar-refractivity contribution in [1.82, 2.24) is 0 Å². The normalized spacial score (nSPS) is 11.9. The van der Waals surface area contributed by atoms with Gasteiger partial charge in [0.25, 0.3) is 0 Å². The fourth-order valence-corrected chi connectivity index (χ4v) is 1.55. The lowest BCUT2D eigenvalue weighted by Crippen LogP contribution is -2.23. The van der Waals surface area contributed by atoms with Gasteiger partial charge in [0.1, 0.15) is 0 Å². The predicted octanol–water partition coefficient (Wildman–Crippen LogP) is 2.79. The summed E-state index contributed by atoms with van der Waals surface area (Å²) >= 11 is 1.72. The van der Waals surface area contributed by atoms with Gasteiger partial charge >= 0.3 is 0 Å². The van der Waals surface area contributed by atoms with Gasteiger partial charge in [0.2, 0.25) is 0 Å². The van der Waals surface area contributed by atoms with Crippen LogP contribution >= 0.6 is 11.8 Å². The van der Waals surface area contributed by atoms with E-state index in [2.05, 4.69) is 42.5 Å². The SMILES string of the molecule is CSc1ccc(NC(N)=NCC(C)C)cc1. The van der Waals surface area contributed by atoms with Gasteiger partial charge in [-0.25, -0.2) is 0 Å². The molecule has 1 aromatic carbocycles. The van der Waals surface area contributed by atoms with Crippen LogP contribution in [0.4, 0.5) is 5.69 Å². The van der Waals surface area contributed by atoms with Crippen LogP contribution in [0.25, 0.3) is 0 Å². The van der Waals surface area contributed by atoms with Gasteiger partial charge < -0.3 is 11.1 Å². The van der Waals surface area contributed by atoms with Crippen molar-refractivity contribution in [2.24, 2.45) is 16.6 Å². The molecule has 0 aliphatic carbocycles. The molecule has 0 saturated heterocycles. The molecule has 0 bridgehead atoms. The lowest BCUT2D eigenvalue weighted by atomic mass is 10.2. The van der Waals surface area contributed by atoms with Gasteiger partial charge in [-0.3, -0.25) is 4.99 Å². The molecule has 1 rings (SSSR count). The van der Waals surface area contributed by atoms with Crippen LogP contribution in [0.2, 0.25) is 0 Å². The van der Waals surface area contributed by atoms with Crippen molar-refractivity contribution >= 4 is 23.4 Å². The fraction of sp³-hybridized carbons (Fsp3) is 0.417. The first-order valence-corrected chi connectivity index (χ1v) is 6.55. The van der Waals surface area contributed by atoms with Gasteiger partial charge in [0, 0.05) is 17.1 Å². The van der Waals surface area contributed by atoms with Crippen molar-refractivity contribution in [2.75, 3.05) is 18.1 Å². The molecule has 0 spiro atoms. The number of benzene rings is 1. The Morgan fingerprint density at radius 3 is 2.50 bits per heavy atom. The van der Waals surface area contributed by atoms with E-state index in [1.165, 1.54) is 4.90 Å². The van der Waals surface area contributed by atoms with Crippen LogP contribution in [0.5, 0.6) is 0 Å². The van der Waals surface area contributed by atoms with Crippen molar-refractivity contribution in [3.05, 3.63) is 24.3 Å². The number of hydrogen-bond donors (Lipinski definition) is 2. The van der Waals surface area contributed by atoms with Gasteiger partial charge in [0.05, 0.1) is 0 Å². The van der Waals surface area contributed by atoms with Gasteiger partial charge in [0.15, 0.2) is 5.96 Å². The molecule has 1 aromatic rings. The van der Waals surface area contributed by atoms with Gasteiger partial charge in [-0.2, -0.15) is 0 Å². The average molecular weight is 237 g/mol. The van der Waals surface area contributed by atoms with E-state index in [0.717, 1.165) is 12.2 Å². The molecular formula is C12H19N3S. The van der Waals surface area contributed by atoms with Crippen LogP contribution in [0.3, 0.4) is 0 Å². The summed E-state index contributed by atoms with van der Waals surface area (Å²) in [7, 11) is 0. The molecule has 0 aliphatic heterocycles. The maximum Gasteiger partial charge on any atom is 0.193 e. The lowest BCUT2D eigenvalue weighted by molar-refractivity contribution is 0.665. The number of nitrogens with two attached hydrogens (primary N) is 1. The number of nitrogens with zero attached hydrogens (tertiary/aromatic N) is 1. The monoisotopic (exact) mass is 237 g/mol. The van der Waals surface area contributed by atoms with Gasteiger partial charge in [-0.05, 0) is 36.4 Å². The summed E-state index contributed by atoms with van der Waals surface area (Å²) in [4.78, 5) is 5.48. The zero-order valence-electron chi connectivity index (χ0n) is 10.0. The van der Waals surface area contributed by atoms with Crippen LogP contribution in [0.1, 0.15) is 13.8 Å². The van der Waals surface area contributed by atoms with E-state index in [1.807, 2.05) is 12.1 Å². The number of anilines is 1. The molecule has 0 aliphatic rings. The van der Waals surface area contributed by atoms with E-state index < -0.39 is 0 Å².